The van der Waals surface area contributed by atoms with Crippen molar-refractivity contribution in [1.82, 2.24) is 5.06 Å². The van der Waals surface area contributed by atoms with E-state index >= 15 is 0 Å². The van der Waals surface area contributed by atoms with Crippen molar-refractivity contribution in [3.63, 3.8) is 0 Å². The van der Waals surface area contributed by atoms with Crippen molar-refractivity contribution in [2.24, 2.45) is 0 Å². The number of hydrogen-bond acceptors (Lipinski definition) is 3. The van der Waals surface area contributed by atoms with E-state index in [0.717, 1.165) is 10.6 Å². The van der Waals surface area contributed by atoms with Gasteiger partial charge in [-0.1, -0.05) is 30.3 Å². The summed E-state index contributed by atoms with van der Waals surface area (Å²) in [5.41, 5.74) is 0.986. The standard InChI is InChI=1S/C10H13NO3/c1-13-10(12)11(14-2)8-9-6-4-3-5-7-9/h3-7H,8H2,1-2H3. The minimum Gasteiger partial charge on any atom is -0.451 e. The van der Waals surface area contributed by atoms with Gasteiger partial charge in [-0.15, -0.1) is 0 Å². The van der Waals surface area contributed by atoms with Gasteiger partial charge in [-0.05, 0) is 5.56 Å². The Hall–Kier alpha value is -1.55. The SMILES string of the molecule is COC(=O)N(Cc1ccccc1)OC. The largest absolute Gasteiger partial charge is 0.451 e. The Morgan fingerprint density at radius 1 is 1.29 bits per heavy atom. The molecule has 1 rings (SSSR count). The molecule has 4 nitrogen and oxygen atoms in total. The topological polar surface area (TPSA) is 38.8 Å². The van der Waals surface area contributed by atoms with E-state index in [0.29, 0.717) is 6.54 Å². The van der Waals surface area contributed by atoms with Crippen molar-refractivity contribution < 1.29 is 14.4 Å². The van der Waals surface area contributed by atoms with Gasteiger partial charge in [-0.3, -0.25) is 4.84 Å². The van der Waals surface area contributed by atoms with Crippen molar-refractivity contribution in [3.8, 4) is 0 Å². The molecular formula is C10H13NO3. The van der Waals surface area contributed by atoms with Gasteiger partial charge in [0.2, 0.25) is 0 Å². The number of benzene rings is 1. The van der Waals surface area contributed by atoms with Gasteiger partial charge in [-0.2, -0.15) is 5.06 Å². The van der Waals surface area contributed by atoms with Gasteiger partial charge < -0.3 is 4.74 Å². The van der Waals surface area contributed by atoms with Crippen LogP contribution < -0.4 is 0 Å². The molecule has 0 aliphatic rings. The number of ether oxygens (including phenoxy) is 1. The summed E-state index contributed by atoms with van der Waals surface area (Å²) in [5, 5.41) is 1.15. The lowest BCUT2D eigenvalue weighted by molar-refractivity contribution is -0.113. The molecule has 0 bridgehead atoms. The molecule has 0 aromatic heterocycles. The Labute approximate surface area is 83.0 Å². The number of hydrogen-bond donors (Lipinski definition) is 0. The summed E-state index contributed by atoms with van der Waals surface area (Å²) in [4.78, 5) is 16.0. The first kappa shape index (κ1) is 10.5. The fourth-order valence-electron chi connectivity index (χ4n) is 1.05. The third-order valence-electron chi connectivity index (χ3n) is 1.77. The van der Waals surface area contributed by atoms with E-state index in [4.69, 9.17) is 4.84 Å². The second-order valence-corrected chi connectivity index (χ2v) is 2.67. The summed E-state index contributed by atoms with van der Waals surface area (Å²) in [5.74, 6) is 0. The monoisotopic (exact) mass is 195 g/mol. The molecule has 0 spiro atoms. The predicted molar refractivity (Wildman–Crippen MR) is 51.4 cm³/mol. The van der Waals surface area contributed by atoms with E-state index in [9.17, 15) is 4.79 Å². The minimum absolute atomic E-state index is 0.379. The Bertz CT molecular complexity index is 287. The van der Waals surface area contributed by atoms with Crippen LogP contribution >= 0.6 is 0 Å². The molecule has 0 atom stereocenters. The van der Waals surface area contributed by atoms with Gasteiger partial charge >= 0.3 is 6.09 Å². The predicted octanol–water partition coefficient (Wildman–Crippen LogP) is 1.82. The van der Waals surface area contributed by atoms with Gasteiger partial charge in [0, 0.05) is 0 Å². The maximum absolute atomic E-state index is 11.1. The molecular weight excluding hydrogens is 182 g/mol. The smallest absolute Gasteiger partial charge is 0.433 e. The maximum atomic E-state index is 11.1. The van der Waals surface area contributed by atoms with Crippen LogP contribution in [0.4, 0.5) is 4.79 Å². The highest BCUT2D eigenvalue weighted by Crippen LogP contribution is 2.05. The van der Waals surface area contributed by atoms with Crippen LogP contribution in [0.3, 0.4) is 0 Å². The van der Waals surface area contributed by atoms with Crippen molar-refractivity contribution >= 4 is 6.09 Å². The van der Waals surface area contributed by atoms with E-state index in [1.807, 2.05) is 30.3 Å². The molecule has 0 unspecified atom stereocenters. The third kappa shape index (κ3) is 2.74. The number of amides is 1. The first-order valence-corrected chi connectivity index (χ1v) is 4.21. The van der Waals surface area contributed by atoms with E-state index in [-0.39, 0.29) is 0 Å². The van der Waals surface area contributed by atoms with E-state index in [1.165, 1.54) is 14.2 Å². The fraction of sp³-hybridized carbons (Fsp3) is 0.300. The number of methoxy groups -OCH3 is 1. The second-order valence-electron chi connectivity index (χ2n) is 2.67. The summed E-state index contributed by atoms with van der Waals surface area (Å²) < 4.78 is 4.54. The molecule has 0 aliphatic carbocycles. The molecule has 0 saturated carbocycles. The molecule has 4 heteroatoms. The maximum Gasteiger partial charge on any atom is 0.433 e. The zero-order valence-corrected chi connectivity index (χ0v) is 8.27. The quantitative estimate of drug-likeness (QED) is 0.690. The second kappa shape index (κ2) is 5.24. The molecule has 1 amide bonds. The van der Waals surface area contributed by atoms with Crippen molar-refractivity contribution in [2.75, 3.05) is 14.2 Å². The molecule has 0 heterocycles. The summed E-state index contributed by atoms with van der Waals surface area (Å²) in [6.45, 7) is 0.379. The van der Waals surface area contributed by atoms with Crippen molar-refractivity contribution in [3.05, 3.63) is 35.9 Å². The zero-order chi connectivity index (χ0) is 10.4. The average molecular weight is 195 g/mol. The first-order chi connectivity index (χ1) is 6.77. The molecule has 0 radical (unpaired) electrons. The van der Waals surface area contributed by atoms with Gasteiger partial charge in [0.05, 0.1) is 20.8 Å². The average Bonchev–Trinajstić information content (AvgIpc) is 2.26. The van der Waals surface area contributed by atoms with Gasteiger partial charge in [0.25, 0.3) is 0 Å². The lowest BCUT2D eigenvalue weighted by atomic mass is 10.2. The van der Waals surface area contributed by atoms with Gasteiger partial charge in [-0.25, -0.2) is 4.79 Å². The van der Waals surface area contributed by atoms with Gasteiger partial charge in [0.1, 0.15) is 0 Å². The highest BCUT2D eigenvalue weighted by molar-refractivity contribution is 5.66. The Morgan fingerprint density at radius 3 is 2.43 bits per heavy atom. The summed E-state index contributed by atoms with van der Waals surface area (Å²) >= 11 is 0. The molecule has 0 saturated heterocycles. The van der Waals surface area contributed by atoms with Crippen LogP contribution in [0, 0.1) is 0 Å². The zero-order valence-electron chi connectivity index (χ0n) is 8.27. The van der Waals surface area contributed by atoms with Crippen LogP contribution in [-0.2, 0) is 16.1 Å². The summed E-state index contributed by atoms with van der Waals surface area (Å²) in [6, 6.07) is 9.55. The fourth-order valence-corrected chi connectivity index (χ4v) is 1.05. The van der Waals surface area contributed by atoms with Crippen LogP contribution in [-0.4, -0.2) is 25.4 Å². The molecule has 1 aromatic carbocycles. The van der Waals surface area contributed by atoms with Crippen LogP contribution in [0.15, 0.2) is 30.3 Å². The number of carbonyl (C=O) groups excluding carboxylic acids is 1. The van der Waals surface area contributed by atoms with Gasteiger partial charge in [0.15, 0.2) is 0 Å². The molecule has 0 aliphatic heterocycles. The van der Waals surface area contributed by atoms with Crippen LogP contribution in [0.25, 0.3) is 0 Å². The summed E-state index contributed by atoms with van der Waals surface area (Å²) in [7, 11) is 2.75. The van der Waals surface area contributed by atoms with E-state index < -0.39 is 6.09 Å². The third-order valence-corrected chi connectivity index (χ3v) is 1.77. The molecule has 0 N–H and O–H groups in total. The molecule has 0 fully saturated rings. The Balaban J connectivity index is 2.62. The number of hydroxylamine groups is 2. The molecule has 1 aromatic rings. The number of carbonyl (C=O) groups is 1. The van der Waals surface area contributed by atoms with Crippen LogP contribution in [0.2, 0.25) is 0 Å². The van der Waals surface area contributed by atoms with E-state index in [1.54, 1.807) is 0 Å². The number of nitrogens with zero attached hydrogens (tertiary/aromatic N) is 1. The number of rotatable bonds is 3. The van der Waals surface area contributed by atoms with Crippen molar-refractivity contribution in [1.29, 1.82) is 0 Å². The first-order valence-electron chi connectivity index (χ1n) is 4.21. The Kier molecular flexibility index (Phi) is 3.94. The highest BCUT2D eigenvalue weighted by atomic mass is 16.7. The highest BCUT2D eigenvalue weighted by Gasteiger charge is 2.12. The van der Waals surface area contributed by atoms with Crippen LogP contribution in [0.1, 0.15) is 5.56 Å². The lowest BCUT2D eigenvalue weighted by Crippen LogP contribution is -2.29. The molecule has 14 heavy (non-hydrogen) atoms. The van der Waals surface area contributed by atoms with Crippen LogP contribution in [0.5, 0.6) is 0 Å². The van der Waals surface area contributed by atoms with E-state index in [2.05, 4.69) is 4.74 Å². The Morgan fingerprint density at radius 2 is 1.93 bits per heavy atom. The minimum atomic E-state index is -0.503. The van der Waals surface area contributed by atoms with Crippen molar-refractivity contribution in [2.45, 2.75) is 6.54 Å². The molecule has 76 valence electrons. The summed E-state index contributed by atoms with van der Waals surface area (Å²) in [6.07, 6.45) is -0.503. The lowest BCUT2D eigenvalue weighted by Gasteiger charge is -2.17. The normalized spacial score (nSPS) is 9.57.